The number of carbonyl (C=O) groups excluding carboxylic acids is 1. The van der Waals surface area contributed by atoms with Crippen LogP contribution in [0.3, 0.4) is 0 Å². The topological polar surface area (TPSA) is 55.1 Å². The van der Waals surface area contributed by atoms with Gasteiger partial charge in [-0.05, 0) is 37.6 Å². The van der Waals surface area contributed by atoms with Crippen LogP contribution >= 0.6 is 0 Å². The van der Waals surface area contributed by atoms with Gasteiger partial charge in [0.15, 0.2) is 0 Å². The highest BCUT2D eigenvalue weighted by molar-refractivity contribution is 5.75. The summed E-state index contributed by atoms with van der Waals surface area (Å²) in [4.78, 5) is 11.3. The van der Waals surface area contributed by atoms with E-state index in [1.807, 2.05) is 0 Å². The molecule has 0 aliphatic heterocycles. The Morgan fingerprint density at radius 2 is 2.24 bits per heavy atom. The van der Waals surface area contributed by atoms with Crippen molar-refractivity contribution in [3.05, 3.63) is 0 Å². The number of rotatable bonds is 6. The maximum atomic E-state index is 11.3. The van der Waals surface area contributed by atoms with Gasteiger partial charge in [-0.3, -0.25) is 4.79 Å². The molecule has 1 amide bonds. The third kappa shape index (κ3) is 4.30. The molecule has 0 heterocycles. The molecule has 0 aromatic rings. The van der Waals surface area contributed by atoms with Crippen LogP contribution in [0.4, 0.5) is 0 Å². The summed E-state index contributed by atoms with van der Waals surface area (Å²) in [6.45, 7) is 7.71. The summed E-state index contributed by atoms with van der Waals surface area (Å²) in [5.74, 6) is 1.26. The van der Waals surface area contributed by atoms with Gasteiger partial charge >= 0.3 is 0 Å². The van der Waals surface area contributed by atoms with Crippen LogP contribution in [0.5, 0.6) is 0 Å². The molecule has 3 heteroatoms. The van der Waals surface area contributed by atoms with Crippen LogP contribution in [0.1, 0.15) is 59.3 Å². The summed E-state index contributed by atoms with van der Waals surface area (Å²) in [6, 6.07) is 0. The average Bonchev–Trinajstić information content (AvgIpc) is 2.26. The van der Waals surface area contributed by atoms with Crippen molar-refractivity contribution in [3.8, 4) is 0 Å². The molecule has 0 saturated heterocycles. The van der Waals surface area contributed by atoms with Gasteiger partial charge in [0.2, 0.25) is 5.91 Å². The lowest BCUT2D eigenvalue weighted by molar-refractivity contribution is -0.120. The van der Waals surface area contributed by atoms with Gasteiger partial charge in [-0.15, -0.1) is 0 Å². The molecule has 1 saturated carbocycles. The van der Waals surface area contributed by atoms with Crippen molar-refractivity contribution in [2.45, 2.75) is 64.8 Å². The molecule has 3 N–H and O–H groups in total. The van der Waals surface area contributed by atoms with Gasteiger partial charge in [-0.25, -0.2) is 0 Å². The average molecular weight is 240 g/mol. The van der Waals surface area contributed by atoms with Gasteiger partial charge in [0.1, 0.15) is 0 Å². The summed E-state index contributed by atoms with van der Waals surface area (Å²) in [5.41, 5.74) is 5.40. The second kappa shape index (κ2) is 6.39. The van der Waals surface area contributed by atoms with Crippen LogP contribution in [0.15, 0.2) is 0 Å². The predicted molar refractivity (Wildman–Crippen MR) is 71.6 cm³/mol. The first-order chi connectivity index (χ1) is 7.99. The predicted octanol–water partition coefficient (Wildman–Crippen LogP) is 2.45. The molecule has 2 unspecified atom stereocenters. The zero-order valence-corrected chi connectivity index (χ0v) is 11.6. The first-order valence-electron chi connectivity index (χ1n) is 7.02. The second-order valence-corrected chi connectivity index (χ2v) is 5.95. The van der Waals surface area contributed by atoms with E-state index in [1.165, 1.54) is 12.8 Å². The molecular formula is C14H28N2O. The van der Waals surface area contributed by atoms with E-state index in [0.717, 1.165) is 31.7 Å². The van der Waals surface area contributed by atoms with E-state index < -0.39 is 0 Å². The normalized spacial score (nSPS) is 29.5. The molecule has 0 aromatic carbocycles. The smallest absolute Gasteiger partial charge is 0.219 e. The molecule has 1 aliphatic carbocycles. The molecule has 1 aliphatic rings. The van der Waals surface area contributed by atoms with Gasteiger partial charge in [0.05, 0.1) is 0 Å². The Labute approximate surface area is 106 Å². The minimum absolute atomic E-state index is 0.0188. The number of carbonyl (C=O) groups is 1. The lowest BCUT2D eigenvalue weighted by Gasteiger charge is -2.42. The van der Waals surface area contributed by atoms with Gasteiger partial charge in [-0.1, -0.05) is 33.6 Å². The van der Waals surface area contributed by atoms with Crippen molar-refractivity contribution in [1.29, 1.82) is 0 Å². The van der Waals surface area contributed by atoms with E-state index in [2.05, 4.69) is 26.1 Å². The lowest BCUT2D eigenvalue weighted by atomic mass is 9.70. The molecular weight excluding hydrogens is 212 g/mol. The number of amides is 1. The fraction of sp³-hybridized carbons (Fsp3) is 0.929. The number of hydrogen-bond acceptors (Lipinski definition) is 2. The Kier molecular flexibility index (Phi) is 5.44. The second-order valence-electron chi connectivity index (χ2n) is 5.95. The maximum Gasteiger partial charge on any atom is 0.219 e. The fourth-order valence-corrected chi connectivity index (χ4v) is 3.08. The Morgan fingerprint density at radius 3 is 2.76 bits per heavy atom. The molecule has 100 valence electrons. The van der Waals surface area contributed by atoms with E-state index >= 15 is 0 Å². The van der Waals surface area contributed by atoms with Crippen LogP contribution in [0.2, 0.25) is 0 Å². The van der Waals surface area contributed by atoms with Crippen molar-refractivity contribution < 1.29 is 4.79 Å². The van der Waals surface area contributed by atoms with Crippen LogP contribution in [-0.2, 0) is 4.79 Å². The highest BCUT2D eigenvalue weighted by Crippen LogP contribution is 2.38. The van der Waals surface area contributed by atoms with E-state index in [1.54, 1.807) is 0 Å². The zero-order valence-electron chi connectivity index (χ0n) is 11.6. The number of hydrogen-bond donors (Lipinski definition) is 2. The van der Waals surface area contributed by atoms with Crippen LogP contribution in [0.25, 0.3) is 0 Å². The minimum atomic E-state index is -0.169. The Hall–Kier alpha value is -0.570. The van der Waals surface area contributed by atoms with Gasteiger partial charge in [0.25, 0.3) is 0 Å². The van der Waals surface area contributed by atoms with Crippen molar-refractivity contribution in [3.63, 3.8) is 0 Å². The Morgan fingerprint density at radius 1 is 1.53 bits per heavy atom. The first-order valence-corrected chi connectivity index (χ1v) is 7.02. The molecule has 0 bridgehead atoms. The molecule has 17 heavy (non-hydrogen) atoms. The summed E-state index contributed by atoms with van der Waals surface area (Å²) < 4.78 is 0. The fourth-order valence-electron chi connectivity index (χ4n) is 3.08. The quantitative estimate of drug-likeness (QED) is 0.749. The largest absolute Gasteiger partial charge is 0.370 e. The molecule has 1 rings (SSSR count). The molecule has 3 nitrogen and oxygen atoms in total. The van der Waals surface area contributed by atoms with Gasteiger partial charge < -0.3 is 11.1 Å². The third-order valence-corrected chi connectivity index (χ3v) is 4.09. The number of primary amides is 1. The first kappa shape index (κ1) is 14.5. The van der Waals surface area contributed by atoms with Gasteiger partial charge in [-0.2, -0.15) is 0 Å². The number of nitrogens with one attached hydrogen (secondary N) is 1. The van der Waals surface area contributed by atoms with E-state index in [4.69, 9.17) is 5.73 Å². The summed E-state index contributed by atoms with van der Waals surface area (Å²) in [7, 11) is 0. The van der Waals surface area contributed by atoms with Crippen LogP contribution in [0, 0.1) is 11.8 Å². The van der Waals surface area contributed by atoms with E-state index in [0.29, 0.717) is 12.3 Å². The number of nitrogens with two attached hydrogens (primary N) is 1. The highest BCUT2D eigenvalue weighted by atomic mass is 16.1. The summed E-state index contributed by atoms with van der Waals surface area (Å²) in [6.07, 6.45) is 6.31. The maximum absolute atomic E-state index is 11.3. The molecule has 0 aromatic heterocycles. The van der Waals surface area contributed by atoms with Gasteiger partial charge in [0, 0.05) is 12.0 Å². The Bertz CT molecular complexity index is 253. The zero-order chi connectivity index (χ0) is 12.9. The van der Waals surface area contributed by atoms with E-state index in [9.17, 15) is 4.79 Å². The van der Waals surface area contributed by atoms with Crippen molar-refractivity contribution in [1.82, 2.24) is 5.32 Å². The Balaban J connectivity index is 2.70. The van der Waals surface area contributed by atoms with Crippen molar-refractivity contribution in [2.24, 2.45) is 17.6 Å². The lowest BCUT2D eigenvalue weighted by Crippen LogP contribution is -2.51. The van der Waals surface area contributed by atoms with Crippen LogP contribution in [-0.4, -0.2) is 18.0 Å². The molecule has 1 fully saturated rings. The SMILES string of the molecule is CCCNC1(CC(N)=O)CCCC(C(C)C)C1. The monoisotopic (exact) mass is 240 g/mol. The van der Waals surface area contributed by atoms with Crippen molar-refractivity contribution in [2.75, 3.05) is 6.54 Å². The van der Waals surface area contributed by atoms with E-state index in [-0.39, 0.29) is 11.4 Å². The standard InChI is InChI=1S/C14H28N2O/c1-4-8-16-14(10-13(15)17)7-5-6-12(9-14)11(2)3/h11-12,16H,4-10H2,1-3H3,(H2,15,17). The molecule has 0 spiro atoms. The minimum Gasteiger partial charge on any atom is -0.370 e. The summed E-state index contributed by atoms with van der Waals surface area (Å²) in [5, 5.41) is 3.60. The summed E-state index contributed by atoms with van der Waals surface area (Å²) >= 11 is 0. The van der Waals surface area contributed by atoms with Crippen LogP contribution < -0.4 is 11.1 Å². The molecule has 2 atom stereocenters. The molecule has 0 radical (unpaired) electrons. The highest BCUT2D eigenvalue weighted by Gasteiger charge is 2.37. The third-order valence-electron chi connectivity index (χ3n) is 4.09. The van der Waals surface area contributed by atoms with Crippen molar-refractivity contribution >= 4 is 5.91 Å².